The fourth-order valence-electron chi connectivity index (χ4n) is 2.39. The van der Waals surface area contributed by atoms with Crippen molar-refractivity contribution in [3.8, 4) is 0 Å². The van der Waals surface area contributed by atoms with Crippen LogP contribution in [-0.2, 0) is 13.1 Å². The first-order valence-corrected chi connectivity index (χ1v) is 7.15. The highest BCUT2D eigenvalue weighted by Crippen LogP contribution is 2.13. The lowest BCUT2D eigenvalue weighted by molar-refractivity contribution is 0.687. The van der Waals surface area contributed by atoms with E-state index in [1.165, 1.54) is 16.7 Å². The van der Waals surface area contributed by atoms with E-state index in [0.717, 1.165) is 18.8 Å². The lowest BCUT2D eigenvalue weighted by atomic mass is 10.1. The van der Waals surface area contributed by atoms with E-state index < -0.39 is 0 Å². The van der Waals surface area contributed by atoms with Gasteiger partial charge in [-0.2, -0.15) is 5.10 Å². The lowest BCUT2D eigenvalue weighted by Gasteiger charge is -2.09. The van der Waals surface area contributed by atoms with E-state index in [4.69, 9.17) is 0 Å². The van der Waals surface area contributed by atoms with Crippen LogP contribution in [0.1, 0.15) is 16.7 Å². The Bertz CT molecular complexity index is 702. The molecule has 0 aliphatic heterocycles. The van der Waals surface area contributed by atoms with E-state index in [9.17, 15) is 0 Å². The topological polar surface area (TPSA) is 29.9 Å². The van der Waals surface area contributed by atoms with Crippen LogP contribution in [0.4, 0.5) is 5.69 Å². The molecule has 106 valence electrons. The van der Waals surface area contributed by atoms with Crippen LogP contribution in [0.15, 0.2) is 67.0 Å². The molecular formula is C18H19N3. The second-order valence-corrected chi connectivity index (χ2v) is 5.25. The zero-order valence-electron chi connectivity index (χ0n) is 12.2. The minimum atomic E-state index is 0.799. The van der Waals surface area contributed by atoms with Gasteiger partial charge in [0, 0.05) is 24.6 Å². The van der Waals surface area contributed by atoms with Crippen LogP contribution >= 0.6 is 0 Å². The molecule has 3 aromatic rings. The highest BCUT2D eigenvalue weighted by molar-refractivity contribution is 5.46. The Balaban J connectivity index is 1.66. The highest BCUT2D eigenvalue weighted by atomic mass is 15.3. The molecule has 3 heteroatoms. The molecule has 0 atom stereocenters. The molecule has 0 aliphatic carbocycles. The van der Waals surface area contributed by atoms with Gasteiger partial charge in [0.1, 0.15) is 0 Å². The predicted molar refractivity (Wildman–Crippen MR) is 86.3 cm³/mol. The van der Waals surface area contributed by atoms with E-state index >= 15 is 0 Å². The Morgan fingerprint density at radius 2 is 1.86 bits per heavy atom. The molecule has 0 aliphatic rings. The second kappa shape index (κ2) is 6.27. The monoisotopic (exact) mass is 277 g/mol. The summed E-state index contributed by atoms with van der Waals surface area (Å²) in [6, 6.07) is 19.0. The van der Waals surface area contributed by atoms with Crippen molar-refractivity contribution in [2.24, 2.45) is 0 Å². The maximum Gasteiger partial charge on any atom is 0.0660 e. The summed E-state index contributed by atoms with van der Waals surface area (Å²) in [5, 5.41) is 7.72. The van der Waals surface area contributed by atoms with Crippen molar-refractivity contribution in [3.63, 3.8) is 0 Å². The number of hydrogen-bond donors (Lipinski definition) is 1. The zero-order chi connectivity index (χ0) is 14.5. The molecule has 0 bridgehead atoms. The van der Waals surface area contributed by atoms with Crippen molar-refractivity contribution >= 4 is 5.69 Å². The van der Waals surface area contributed by atoms with Gasteiger partial charge in [-0.25, -0.2) is 0 Å². The van der Waals surface area contributed by atoms with Gasteiger partial charge >= 0.3 is 0 Å². The Labute approximate surface area is 125 Å². The summed E-state index contributed by atoms with van der Waals surface area (Å²) in [6.45, 7) is 3.76. The fourth-order valence-corrected chi connectivity index (χ4v) is 2.39. The second-order valence-electron chi connectivity index (χ2n) is 5.25. The molecular weight excluding hydrogens is 258 g/mol. The van der Waals surface area contributed by atoms with E-state index in [1.54, 1.807) is 6.20 Å². The quantitative estimate of drug-likeness (QED) is 0.767. The van der Waals surface area contributed by atoms with Gasteiger partial charge < -0.3 is 5.32 Å². The van der Waals surface area contributed by atoms with Gasteiger partial charge in [-0.05, 0) is 36.2 Å². The molecule has 0 radical (unpaired) electrons. The van der Waals surface area contributed by atoms with Gasteiger partial charge in [0.15, 0.2) is 0 Å². The number of benzene rings is 2. The largest absolute Gasteiger partial charge is 0.381 e. The number of aromatic nitrogens is 2. The molecule has 1 heterocycles. The van der Waals surface area contributed by atoms with Crippen LogP contribution in [-0.4, -0.2) is 9.78 Å². The van der Waals surface area contributed by atoms with Crippen LogP contribution < -0.4 is 5.32 Å². The minimum absolute atomic E-state index is 0.799. The molecule has 1 N–H and O–H groups in total. The van der Waals surface area contributed by atoms with Crippen molar-refractivity contribution in [1.29, 1.82) is 0 Å². The van der Waals surface area contributed by atoms with Crippen molar-refractivity contribution < 1.29 is 0 Å². The first kappa shape index (κ1) is 13.4. The summed E-state index contributed by atoms with van der Waals surface area (Å²) in [6.07, 6.45) is 3.78. The van der Waals surface area contributed by atoms with Gasteiger partial charge in [0.05, 0.1) is 6.54 Å². The maximum atomic E-state index is 4.24. The van der Waals surface area contributed by atoms with Gasteiger partial charge in [-0.15, -0.1) is 0 Å². The van der Waals surface area contributed by atoms with E-state index in [0.29, 0.717) is 0 Å². The summed E-state index contributed by atoms with van der Waals surface area (Å²) < 4.78 is 1.93. The average molecular weight is 277 g/mol. The fraction of sp³-hybridized carbons (Fsp3) is 0.167. The molecule has 0 saturated carbocycles. The Morgan fingerprint density at radius 1 is 1.00 bits per heavy atom. The Morgan fingerprint density at radius 3 is 2.67 bits per heavy atom. The molecule has 0 saturated heterocycles. The molecule has 21 heavy (non-hydrogen) atoms. The van der Waals surface area contributed by atoms with E-state index in [2.05, 4.69) is 65.9 Å². The SMILES string of the molecule is Cc1cccc(CNc2cccc(Cn3cccn3)c2)c1. The third kappa shape index (κ3) is 3.72. The van der Waals surface area contributed by atoms with E-state index in [-0.39, 0.29) is 0 Å². The van der Waals surface area contributed by atoms with Crippen molar-refractivity contribution in [3.05, 3.63) is 83.7 Å². The van der Waals surface area contributed by atoms with Gasteiger partial charge in [0.25, 0.3) is 0 Å². The van der Waals surface area contributed by atoms with Crippen LogP contribution in [0.5, 0.6) is 0 Å². The number of hydrogen-bond acceptors (Lipinski definition) is 2. The predicted octanol–water partition coefficient (Wildman–Crippen LogP) is 3.85. The number of nitrogens with one attached hydrogen (secondary N) is 1. The normalized spacial score (nSPS) is 10.5. The van der Waals surface area contributed by atoms with Crippen molar-refractivity contribution in [1.82, 2.24) is 9.78 Å². The summed E-state index contributed by atoms with van der Waals surface area (Å²) in [4.78, 5) is 0. The molecule has 3 rings (SSSR count). The standard InChI is InChI=1S/C18H19N3/c1-15-5-2-6-16(11-15)13-19-18-8-3-7-17(12-18)14-21-10-4-9-20-21/h2-12,19H,13-14H2,1H3. The summed E-state index contributed by atoms with van der Waals surface area (Å²) in [7, 11) is 0. The molecule has 1 aromatic heterocycles. The molecule has 3 nitrogen and oxygen atoms in total. The minimum Gasteiger partial charge on any atom is -0.381 e. The lowest BCUT2D eigenvalue weighted by Crippen LogP contribution is -2.02. The Kier molecular flexibility index (Phi) is 4.01. The first-order chi connectivity index (χ1) is 10.3. The number of nitrogens with zero attached hydrogens (tertiary/aromatic N) is 2. The third-order valence-corrected chi connectivity index (χ3v) is 3.41. The highest BCUT2D eigenvalue weighted by Gasteiger charge is 1.98. The molecule has 0 amide bonds. The van der Waals surface area contributed by atoms with Crippen molar-refractivity contribution in [2.45, 2.75) is 20.0 Å². The summed E-state index contributed by atoms with van der Waals surface area (Å²) in [5.74, 6) is 0. The molecule has 0 spiro atoms. The van der Waals surface area contributed by atoms with Crippen LogP contribution in [0, 0.1) is 6.92 Å². The first-order valence-electron chi connectivity index (χ1n) is 7.15. The maximum absolute atomic E-state index is 4.24. The smallest absolute Gasteiger partial charge is 0.0660 e. The van der Waals surface area contributed by atoms with Gasteiger partial charge in [0.2, 0.25) is 0 Å². The number of rotatable bonds is 5. The Hall–Kier alpha value is -2.55. The van der Waals surface area contributed by atoms with Crippen LogP contribution in [0.25, 0.3) is 0 Å². The van der Waals surface area contributed by atoms with Crippen LogP contribution in [0.2, 0.25) is 0 Å². The third-order valence-electron chi connectivity index (χ3n) is 3.41. The molecule has 0 unspecified atom stereocenters. The molecule has 0 fully saturated rings. The van der Waals surface area contributed by atoms with Crippen LogP contribution in [0.3, 0.4) is 0 Å². The van der Waals surface area contributed by atoms with Crippen molar-refractivity contribution in [2.75, 3.05) is 5.32 Å². The summed E-state index contributed by atoms with van der Waals surface area (Å²) >= 11 is 0. The number of aryl methyl sites for hydroxylation is 1. The summed E-state index contributed by atoms with van der Waals surface area (Å²) in [5.41, 5.74) is 4.98. The number of anilines is 1. The zero-order valence-corrected chi connectivity index (χ0v) is 12.2. The van der Waals surface area contributed by atoms with Gasteiger partial charge in [-0.3, -0.25) is 4.68 Å². The molecule has 2 aromatic carbocycles. The van der Waals surface area contributed by atoms with E-state index in [1.807, 2.05) is 16.9 Å². The average Bonchev–Trinajstić information content (AvgIpc) is 2.99. The van der Waals surface area contributed by atoms with Gasteiger partial charge in [-0.1, -0.05) is 42.0 Å².